The lowest BCUT2D eigenvalue weighted by Crippen LogP contribution is -2.34. The van der Waals surface area contributed by atoms with E-state index >= 15 is 0 Å². The van der Waals surface area contributed by atoms with E-state index in [-0.39, 0.29) is 5.91 Å². The summed E-state index contributed by atoms with van der Waals surface area (Å²) in [7, 11) is 3.85. The molecule has 2 amide bonds. The molecule has 0 radical (unpaired) electrons. The number of carbonyl (C=O) groups excluding carboxylic acids is 2. The van der Waals surface area contributed by atoms with Crippen LogP contribution in [0.5, 0.6) is 5.75 Å². The van der Waals surface area contributed by atoms with Gasteiger partial charge in [-0.3, -0.25) is 9.59 Å². The smallest absolute Gasteiger partial charge is 0.222 e. The monoisotopic (exact) mass is 585 g/mol. The van der Waals surface area contributed by atoms with Gasteiger partial charge in [0.15, 0.2) is 0 Å². The minimum atomic E-state index is 0.156. The van der Waals surface area contributed by atoms with Crippen LogP contribution in [0.25, 0.3) is 0 Å². The first-order valence-corrected chi connectivity index (χ1v) is 16.2. The summed E-state index contributed by atoms with van der Waals surface area (Å²) in [6, 6.07) is 7.96. The number of hydrogen-bond acceptors (Lipinski definition) is 4. The maximum absolute atomic E-state index is 11.9. The molecule has 240 valence electrons. The Morgan fingerprint density at radius 1 is 1.02 bits per heavy atom. The highest BCUT2D eigenvalue weighted by Gasteiger charge is 2.23. The molecule has 2 aliphatic heterocycles. The number of hydrogen-bond donors (Lipinski definition) is 0. The van der Waals surface area contributed by atoms with Gasteiger partial charge in [0.1, 0.15) is 5.75 Å². The van der Waals surface area contributed by atoms with E-state index in [2.05, 4.69) is 45.9 Å². The van der Waals surface area contributed by atoms with Gasteiger partial charge in [-0.25, -0.2) is 0 Å². The number of rotatable bonds is 11. The number of likely N-dealkylation sites (tertiary alicyclic amines) is 2. The predicted octanol–water partition coefficient (Wildman–Crippen LogP) is 7.84. The fourth-order valence-electron chi connectivity index (χ4n) is 4.86. The minimum absolute atomic E-state index is 0.156. The lowest BCUT2D eigenvalue weighted by atomic mass is 9.93. The highest BCUT2D eigenvalue weighted by atomic mass is 16.5. The molecule has 2 saturated heterocycles. The van der Waals surface area contributed by atoms with Crippen LogP contribution >= 0.6 is 0 Å². The number of nitrogens with zero attached hydrogens (tertiary/aromatic N) is 3. The molecule has 0 aromatic heterocycles. The molecule has 0 saturated carbocycles. The molecule has 1 atom stereocenters. The molecule has 0 bridgehead atoms. The van der Waals surface area contributed by atoms with Gasteiger partial charge < -0.3 is 19.4 Å². The van der Waals surface area contributed by atoms with Gasteiger partial charge in [-0.2, -0.15) is 0 Å². The highest BCUT2D eigenvalue weighted by Crippen LogP contribution is 2.21. The van der Waals surface area contributed by atoms with E-state index in [4.69, 9.17) is 4.74 Å². The average Bonchev–Trinajstić information content (AvgIpc) is 3.43. The van der Waals surface area contributed by atoms with E-state index in [1.165, 1.54) is 32.4 Å². The maximum atomic E-state index is 11.9. The first-order chi connectivity index (χ1) is 20.1. The van der Waals surface area contributed by atoms with Crippen molar-refractivity contribution in [2.75, 3.05) is 46.9 Å². The molecule has 42 heavy (non-hydrogen) atoms. The lowest BCUT2D eigenvalue weighted by molar-refractivity contribution is -0.131. The second kappa shape index (κ2) is 23.9. The summed E-state index contributed by atoms with van der Waals surface area (Å²) >= 11 is 0. The Morgan fingerprint density at radius 3 is 2.02 bits per heavy atom. The number of carbonyl (C=O) groups is 2. The largest absolute Gasteiger partial charge is 0.497 e. The van der Waals surface area contributed by atoms with Crippen LogP contribution < -0.4 is 4.74 Å². The molecule has 3 rings (SSSR count). The third-order valence-electron chi connectivity index (χ3n) is 7.56. The molecule has 2 aliphatic rings. The molecule has 1 unspecified atom stereocenters. The number of piperidine rings is 1. The van der Waals surface area contributed by atoms with Crippen molar-refractivity contribution in [3.63, 3.8) is 0 Å². The predicted molar refractivity (Wildman–Crippen MR) is 180 cm³/mol. The molecule has 2 fully saturated rings. The zero-order chi connectivity index (χ0) is 31.9. The normalized spacial score (nSPS) is 16.6. The standard InChI is InChI=1S/C18H28N2O2.C10H19NO.C6H10.C2H6/c1-15(21)20(13-10-16-8-11-19(2)12-9-16)14-17-4-6-18(22-3)7-5-17;1-8(2)6-10(12)11-5-4-9(3)7-11;1-3-5-6-4-2;1-2/h4-7,16H,8-14H2,1-3H3;8-9H,4-7H2,1-3H3;3-4H,1-2,5-6H2;1-2H3. The van der Waals surface area contributed by atoms with Gasteiger partial charge in [-0.05, 0) is 94.1 Å². The average molecular weight is 586 g/mol. The Kier molecular flexibility index (Phi) is 22.4. The number of methoxy groups -OCH3 is 1. The topological polar surface area (TPSA) is 53.1 Å². The molecule has 0 aliphatic carbocycles. The van der Waals surface area contributed by atoms with Crippen molar-refractivity contribution in [1.82, 2.24) is 14.7 Å². The van der Waals surface area contributed by atoms with Crippen LogP contribution in [0.1, 0.15) is 92.1 Å². The summed E-state index contributed by atoms with van der Waals surface area (Å²) in [4.78, 5) is 29.8. The number of unbranched alkanes of at least 4 members (excludes halogenated alkanes) is 1. The van der Waals surface area contributed by atoms with Gasteiger partial charge in [0.05, 0.1) is 7.11 Å². The van der Waals surface area contributed by atoms with Crippen molar-refractivity contribution >= 4 is 11.8 Å². The molecule has 6 nitrogen and oxygen atoms in total. The molecular formula is C36H63N3O3. The van der Waals surface area contributed by atoms with Crippen LogP contribution in [0.3, 0.4) is 0 Å². The van der Waals surface area contributed by atoms with Gasteiger partial charge in [-0.15, -0.1) is 13.2 Å². The SMILES string of the molecule is C=CCCC=C.CC.CC(C)CC(=O)N1CCC(C)C1.COc1ccc(CN(CCC2CCN(C)CC2)C(C)=O)cc1. The Hall–Kier alpha value is -2.60. The maximum Gasteiger partial charge on any atom is 0.222 e. The van der Waals surface area contributed by atoms with Crippen LogP contribution in [-0.2, 0) is 16.1 Å². The molecule has 6 heteroatoms. The first kappa shape index (κ1) is 39.4. The van der Waals surface area contributed by atoms with Crippen molar-refractivity contribution in [2.45, 2.75) is 93.0 Å². The van der Waals surface area contributed by atoms with E-state index in [1.807, 2.05) is 60.1 Å². The quantitative estimate of drug-likeness (QED) is 0.196. The fourth-order valence-corrected chi connectivity index (χ4v) is 4.86. The second-order valence-electron chi connectivity index (χ2n) is 11.8. The summed E-state index contributed by atoms with van der Waals surface area (Å²) in [5.74, 6) is 3.31. The van der Waals surface area contributed by atoms with Gasteiger partial charge in [-0.1, -0.05) is 58.9 Å². The number of allylic oxidation sites excluding steroid dienone is 2. The number of ether oxygens (including phenoxy) is 1. The Bertz CT molecular complexity index is 852. The number of amides is 2. The van der Waals surface area contributed by atoms with Gasteiger partial charge >= 0.3 is 0 Å². The fraction of sp³-hybridized carbons (Fsp3) is 0.667. The summed E-state index contributed by atoms with van der Waals surface area (Å²) in [5, 5.41) is 0. The summed E-state index contributed by atoms with van der Waals surface area (Å²) in [6.45, 7) is 25.0. The minimum Gasteiger partial charge on any atom is -0.497 e. The van der Waals surface area contributed by atoms with E-state index in [0.717, 1.165) is 56.1 Å². The van der Waals surface area contributed by atoms with Crippen LogP contribution in [0.2, 0.25) is 0 Å². The third kappa shape index (κ3) is 18.0. The zero-order valence-electron chi connectivity index (χ0n) is 28.4. The van der Waals surface area contributed by atoms with Crippen molar-refractivity contribution in [3.05, 3.63) is 55.1 Å². The van der Waals surface area contributed by atoms with Gasteiger partial charge in [0, 0.05) is 39.5 Å². The lowest BCUT2D eigenvalue weighted by Gasteiger charge is -2.30. The van der Waals surface area contributed by atoms with E-state index in [1.54, 1.807) is 14.0 Å². The Morgan fingerprint density at radius 2 is 1.60 bits per heavy atom. The Labute approximate surface area is 259 Å². The van der Waals surface area contributed by atoms with E-state index < -0.39 is 0 Å². The molecule has 1 aromatic rings. The summed E-state index contributed by atoms with van der Waals surface area (Å²) in [6.07, 6.45) is 11.4. The molecule has 1 aromatic carbocycles. The van der Waals surface area contributed by atoms with E-state index in [9.17, 15) is 9.59 Å². The zero-order valence-corrected chi connectivity index (χ0v) is 28.4. The summed E-state index contributed by atoms with van der Waals surface area (Å²) in [5.41, 5.74) is 1.15. The van der Waals surface area contributed by atoms with Crippen molar-refractivity contribution < 1.29 is 14.3 Å². The van der Waals surface area contributed by atoms with Crippen LogP contribution in [0, 0.1) is 17.8 Å². The molecule has 0 spiro atoms. The third-order valence-corrected chi connectivity index (χ3v) is 7.56. The first-order valence-electron chi connectivity index (χ1n) is 16.2. The van der Waals surface area contributed by atoms with Gasteiger partial charge in [0.2, 0.25) is 11.8 Å². The second-order valence-corrected chi connectivity index (χ2v) is 11.8. The van der Waals surface area contributed by atoms with Gasteiger partial charge in [0.25, 0.3) is 0 Å². The number of benzene rings is 1. The molecule has 2 heterocycles. The van der Waals surface area contributed by atoms with Crippen LogP contribution in [0.15, 0.2) is 49.6 Å². The van der Waals surface area contributed by atoms with Crippen LogP contribution in [-0.4, -0.2) is 73.4 Å². The van der Waals surface area contributed by atoms with E-state index in [0.29, 0.717) is 30.7 Å². The van der Waals surface area contributed by atoms with Crippen LogP contribution in [0.4, 0.5) is 0 Å². The van der Waals surface area contributed by atoms with Crippen molar-refractivity contribution in [1.29, 1.82) is 0 Å². The summed E-state index contributed by atoms with van der Waals surface area (Å²) < 4.78 is 5.17. The molecule has 0 N–H and O–H groups in total. The van der Waals surface area contributed by atoms with Crippen molar-refractivity contribution in [2.24, 2.45) is 17.8 Å². The molecular weight excluding hydrogens is 522 g/mol. The highest BCUT2D eigenvalue weighted by molar-refractivity contribution is 5.76. The van der Waals surface area contributed by atoms with Crippen molar-refractivity contribution in [3.8, 4) is 5.75 Å². The Balaban J connectivity index is 0.000000703.